The summed E-state index contributed by atoms with van der Waals surface area (Å²) in [7, 11) is 1.53. The molecule has 7 heteroatoms. The number of halogens is 1. The molecular weight excluding hydrogens is 308 g/mol. The van der Waals surface area contributed by atoms with Crippen LogP contribution in [0.3, 0.4) is 0 Å². The maximum absolute atomic E-state index is 12.1. The molecule has 0 saturated carbocycles. The van der Waals surface area contributed by atoms with Crippen molar-refractivity contribution in [3.63, 3.8) is 0 Å². The van der Waals surface area contributed by atoms with E-state index in [2.05, 4.69) is 5.32 Å². The van der Waals surface area contributed by atoms with Crippen molar-refractivity contribution >= 4 is 29.3 Å². The van der Waals surface area contributed by atoms with Crippen molar-refractivity contribution in [2.75, 3.05) is 25.5 Å². The van der Waals surface area contributed by atoms with E-state index in [1.807, 2.05) is 6.92 Å². The molecule has 1 aromatic rings. The number of hydrogen-bond donors (Lipinski definition) is 2. The third-order valence-corrected chi connectivity index (χ3v) is 3.20. The molecule has 2 amide bonds. The topological polar surface area (TPSA) is 78.9 Å². The minimum absolute atomic E-state index is 0.104. The Morgan fingerprint density at radius 1 is 1.45 bits per heavy atom. The molecule has 0 aromatic heterocycles. The van der Waals surface area contributed by atoms with E-state index in [9.17, 15) is 9.59 Å². The highest BCUT2D eigenvalue weighted by atomic mass is 35.5. The summed E-state index contributed by atoms with van der Waals surface area (Å²) in [4.78, 5) is 24.3. The van der Waals surface area contributed by atoms with Gasteiger partial charge in [-0.3, -0.25) is 4.79 Å². The van der Waals surface area contributed by atoms with Crippen LogP contribution in [-0.2, 0) is 4.79 Å². The zero-order chi connectivity index (χ0) is 16.7. The predicted octanol–water partition coefficient (Wildman–Crippen LogP) is 3.31. The van der Waals surface area contributed by atoms with E-state index in [1.165, 1.54) is 11.9 Å². The molecule has 22 heavy (non-hydrogen) atoms. The molecule has 6 nitrogen and oxygen atoms in total. The minimum Gasteiger partial charge on any atom is -0.491 e. The summed E-state index contributed by atoms with van der Waals surface area (Å²) in [5.41, 5.74) is 0.459. The van der Waals surface area contributed by atoms with Crippen molar-refractivity contribution in [2.45, 2.75) is 20.3 Å². The normalized spacial score (nSPS) is 11.6. The summed E-state index contributed by atoms with van der Waals surface area (Å²) in [6, 6.07) is 4.54. The summed E-state index contributed by atoms with van der Waals surface area (Å²) < 4.78 is 5.56. The van der Waals surface area contributed by atoms with E-state index >= 15 is 0 Å². The van der Waals surface area contributed by atoms with Gasteiger partial charge in [-0.25, -0.2) is 4.79 Å². The number of nitrogens with one attached hydrogen (secondary N) is 1. The van der Waals surface area contributed by atoms with E-state index in [0.717, 1.165) is 6.42 Å². The molecule has 0 saturated heterocycles. The average molecular weight is 329 g/mol. The zero-order valence-corrected chi connectivity index (χ0v) is 13.7. The molecule has 1 unspecified atom stereocenters. The lowest BCUT2D eigenvalue weighted by molar-refractivity contribution is -0.141. The highest BCUT2D eigenvalue weighted by molar-refractivity contribution is 6.31. The number of benzene rings is 1. The lowest BCUT2D eigenvalue weighted by Crippen LogP contribution is -2.36. The average Bonchev–Trinajstić information content (AvgIpc) is 2.46. The second-order valence-corrected chi connectivity index (χ2v) is 5.48. The van der Waals surface area contributed by atoms with Crippen LogP contribution in [0.4, 0.5) is 10.5 Å². The molecule has 1 aromatic carbocycles. The first-order valence-corrected chi connectivity index (χ1v) is 7.40. The molecule has 122 valence electrons. The number of ether oxygens (including phenoxy) is 1. The number of nitrogens with zero attached hydrogens (tertiary/aromatic N) is 1. The van der Waals surface area contributed by atoms with Gasteiger partial charge >= 0.3 is 12.0 Å². The van der Waals surface area contributed by atoms with Crippen molar-refractivity contribution in [3.05, 3.63) is 23.2 Å². The fourth-order valence-electron chi connectivity index (χ4n) is 1.72. The van der Waals surface area contributed by atoms with Gasteiger partial charge in [0.15, 0.2) is 0 Å². The van der Waals surface area contributed by atoms with Gasteiger partial charge in [-0.2, -0.15) is 0 Å². The molecule has 0 aliphatic carbocycles. The summed E-state index contributed by atoms with van der Waals surface area (Å²) in [6.07, 6.45) is 0.839. The molecule has 0 fully saturated rings. The molecule has 0 aliphatic rings. The van der Waals surface area contributed by atoms with E-state index in [1.54, 1.807) is 25.1 Å². The first kappa shape index (κ1) is 18.1. The van der Waals surface area contributed by atoms with E-state index < -0.39 is 17.9 Å². The number of carbonyl (C=O) groups excluding carboxylic acids is 1. The Hall–Kier alpha value is -1.95. The Balaban J connectivity index is 2.77. The molecule has 2 N–H and O–H groups in total. The lowest BCUT2D eigenvalue weighted by Gasteiger charge is -2.21. The number of carboxylic acids is 1. The molecule has 0 bridgehead atoms. The number of carboxylic acid groups (broad SMARTS) is 1. The molecule has 0 heterocycles. The minimum atomic E-state index is -0.950. The second kappa shape index (κ2) is 8.48. The van der Waals surface area contributed by atoms with Crippen molar-refractivity contribution < 1.29 is 19.4 Å². The number of hydrogen-bond acceptors (Lipinski definition) is 3. The number of aliphatic carboxylic acids is 1. The van der Waals surface area contributed by atoms with Crippen molar-refractivity contribution in [2.24, 2.45) is 5.92 Å². The van der Waals surface area contributed by atoms with Crippen LogP contribution < -0.4 is 10.1 Å². The molecule has 1 atom stereocenters. The SMILES string of the molecule is CCCOc1ccc(Cl)cc1NC(=O)N(C)CC(C)C(=O)O. The number of urea groups is 1. The Kier molecular flexibility index (Phi) is 6.98. The Morgan fingerprint density at radius 2 is 2.14 bits per heavy atom. The fraction of sp³-hybridized carbons (Fsp3) is 0.467. The van der Waals surface area contributed by atoms with Gasteiger partial charge < -0.3 is 20.1 Å². The molecule has 0 spiro atoms. The van der Waals surface area contributed by atoms with E-state index in [-0.39, 0.29) is 6.54 Å². The smallest absolute Gasteiger partial charge is 0.321 e. The van der Waals surface area contributed by atoms with Gasteiger partial charge in [-0.15, -0.1) is 0 Å². The monoisotopic (exact) mass is 328 g/mol. The second-order valence-electron chi connectivity index (χ2n) is 5.04. The Bertz CT molecular complexity index is 536. The number of amides is 2. The standard InChI is InChI=1S/C15H21ClN2O4/c1-4-7-22-13-6-5-11(16)8-12(13)17-15(21)18(3)9-10(2)14(19)20/h5-6,8,10H,4,7,9H2,1-3H3,(H,17,21)(H,19,20). The third-order valence-electron chi connectivity index (χ3n) is 2.96. The van der Waals surface area contributed by atoms with E-state index in [4.69, 9.17) is 21.4 Å². The van der Waals surface area contributed by atoms with Gasteiger partial charge in [0.25, 0.3) is 0 Å². The van der Waals surface area contributed by atoms with Gasteiger partial charge in [0.2, 0.25) is 0 Å². The van der Waals surface area contributed by atoms with Crippen LogP contribution >= 0.6 is 11.6 Å². The van der Waals surface area contributed by atoms with Crippen LogP contribution in [-0.4, -0.2) is 42.2 Å². The lowest BCUT2D eigenvalue weighted by atomic mass is 10.2. The molecule has 0 aliphatic heterocycles. The molecule has 0 radical (unpaired) electrons. The van der Waals surface area contributed by atoms with Gasteiger partial charge in [0, 0.05) is 18.6 Å². The highest BCUT2D eigenvalue weighted by Crippen LogP contribution is 2.28. The van der Waals surface area contributed by atoms with Crippen LogP contribution in [0, 0.1) is 5.92 Å². The quantitative estimate of drug-likeness (QED) is 0.804. The summed E-state index contributed by atoms with van der Waals surface area (Å²) >= 11 is 5.94. The number of rotatable bonds is 7. The van der Waals surface area contributed by atoms with Crippen LogP contribution in [0.1, 0.15) is 20.3 Å². The van der Waals surface area contributed by atoms with Crippen LogP contribution in [0.15, 0.2) is 18.2 Å². The van der Waals surface area contributed by atoms with Crippen molar-refractivity contribution in [1.82, 2.24) is 4.90 Å². The van der Waals surface area contributed by atoms with Gasteiger partial charge in [0.1, 0.15) is 5.75 Å². The maximum Gasteiger partial charge on any atom is 0.321 e. The van der Waals surface area contributed by atoms with Crippen LogP contribution in [0.2, 0.25) is 5.02 Å². The summed E-state index contributed by atoms with van der Waals surface area (Å²) in [5.74, 6) is -1.07. The van der Waals surface area contributed by atoms with Crippen LogP contribution in [0.25, 0.3) is 0 Å². The van der Waals surface area contributed by atoms with Gasteiger partial charge in [-0.05, 0) is 24.6 Å². The summed E-state index contributed by atoms with van der Waals surface area (Å²) in [5, 5.41) is 12.0. The zero-order valence-electron chi connectivity index (χ0n) is 12.9. The third kappa shape index (κ3) is 5.44. The Morgan fingerprint density at radius 3 is 2.73 bits per heavy atom. The predicted molar refractivity (Wildman–Crippen MR) is 85.7 cm³/mol. The largest absolute Gasteiger partial charge is 0.491 e. The fourth-order valence-corrected chi connectivity index (χ4v) is 1.89. The summed E-state index contributed by atoms with van der Waals surface area (Å²) in [6.45, 7) is 4.15. The Labute approximate surface area is 135 Å². The molecule has 1 rings (SSSR count). The molecular formula is C15H21ClN2O4. The van der Waals surface area contributed by atoms with Gasteiger partial charge in [-0.1, -0.05) is 25.4 Å². The first-order chi connectivity index (χ1) is 10.3. The number of anilines is 1. The van der Waals surface area contributed by atoms with Crippen molar-refractivity contribution in [1.29, 1.82) is 0 Å². The van der Waals surface area contributed by atoms with E-state index in [0.29, 0.717) is 23.1 Å². The van der Waals surface area contributed by atoms with Crippen molar-refractivity contribution in [3.8, 4) is 5.75 Å². The van der Waals surface area contributed by atoms with Gasteiger partial charge in [0.05, 0.1) is 18.2 Å². The van der Waals surface area contributed by atoms with Crippen LogP contribution in [0.5, 0.6) is 5.75 Å². The first-order valence-electron chi connectivity index (χ1n) is 7.02. The highest BCUT2D eigenvalue weighted by Gasteiger charge is 2.18. The number of carbonyl (C=O) groups is 2. The maximum atomic E-state index is 12.1.